The van der Waals surface area contributed by atoms with E-state index in [0.717, 1.165) is 25.9 Å². The van der Waals surface area contributed by atoms with Crippen molar-refractivity contribution in [1.82, 2.24) is 4.90 Å². The van der Waals surface area contributed by atoms with Gasteiger partial charge in [0.25, 0.3) is 0 Å². The Morgan fingerprint density at radius 3 is 2.88 bits per heavy atom. The van der Waals surface area contributed by atoms with E-state index in [2.05, 4.69) is 18.9 Å². The average Bonchev–Trinajstić information content (AvgIpc) is 2.28. The van der Waals surface area contributed by atoms with Gasteiger partial charge < -0.3 is 9.64 Å². The summed E-state index contributed by atoms with van der Waals surface area (Å²) in [6, 6.07) is 0. The molecule has 1 aliphatic heterocycles. The summed E-state index contributed by atoms with van der Waals surface area (Å²) in [5.41, 5.74) is 0. The van der Waals surface area contributed by atoms with Gasteiger partial charge >= 0.3 is 0 Å². The molecule has 0 aromatic rings. The molecule has 2 fully saturated rings. The number of carbonyl (C=O) groups is 1. The van der Waals surface area contributed by atoms with E-state index in [4.69, 9.17) is 4.74 Å². The Bertz CT molecular complexity index is 230. The number of ketones is 1. The molecule has 1 heterocycles. The summed E-state index contributed by atoms with van der Waals surface area (Å²) in [7, 11) is 2.06. The van der Waals surface area contributed by atoms with E-state index in [9.17, 15) is 4.79 Å². The maximum atomic E-state index is 12.3. The lowest BCUT2D eigenvalue weighted by molar-refractivity contribution is -0.141. The number of ether oxygens (including phenoxy) is 1. The number of Topliss-reactive ketones (excluding diaryl/α,β-unsaturated/α-hetero) is 1. The molecule has 3 atom stereocenters. The van der Waals surface area contributed by atoms with Gasteiger partial charge in [0.05, 0.1) is 6.61 Å². The Labute approximate surface area is 98.1 Å². The van der Waals surface area contributed by atoms with Gasteiger partial charge in [0.2, 0.25) is 0 Å². The Morgan fingerprint density at radius 1 is 1.38 bits per heavy atom. The molecule has 1 saturated heterocycles. The van der Waals surface area contributed by atoms with Gasteiger partial charge in [-0.1, -0.05) is 19.8 Å². The van der Waals surface area contributed by atoms with E-state index in [1.54, 1.807) is 0 Å². The predicted molar refractivity (Wildman–Crippen MR) is 63.4 cm³/mol. The van der Waals surface area contributed by atoms with Crippen LogP contribution in [-0.4, -0.2) is 43.5 Å². The second-order valence-corrected chi connectivity index (χ2v) is 5.49. The molecule has 0 bridgehead atoms. The lowest BCUT2D eigenvalue weighted by Gasteiger charge is -2.33. The second-order valence-electron chi connectivity index (χ2n) is 5.49. The smallest absolute Gasteiger partial charge is 0.165 e. The van der Waals surface area contributed by atoms with Crippen LogP contribution in [0.15, 0.2) is 0 Å². The molecule has 2 rings (SSSR count). The lowest BCUT2D eigenvalue weighted by atomic mass is 9.79. The van der Waals surface area contributed by atoms with Gasteiger partial charge in [-0.15, -0.1) is 0 Å². The number of carbonyl (C=O) groups excluding carboxylic acids is 1. The van der Waals surface area contributed by atoms with Gasteiger partial charge in [-0.05, 0) is 25.8 Å². The first-order valence-corrected chi connectivity index (χ1v) is 6.50. The normalized spacial score (nSPS) is 37.2. The maximum absolute atomic E-state index is 12.3. The quantitative estimate of drug-likeness (QED) is 0.716. The maximum Gasteiger partial charge on any atom is 0.165 e. The van der Waals surface area contributed by atoms with Gasteiger partial charge in [-0.2, -0.15) is 0 Å². The Kier molecular flexibility index (Phi) is 3.98. The fraction of sp³-hybridized carbons (Fsp3) is 0.923. The van der Waals surface area contributed by atoms with Crippen molar-refractivity contribution in [3.63, 3.8) is 0 Å². The molecule has 0 aromatic heterocycles. The topological polar surface area (TPSA) is 29.5 Å². The average molecular weight is 225 g/mol. The third-order valence-electron chi connectivity index (χ3n) is 3.93. The van der Waals surface area contributed by atoms with Gasteiger partial charge in [0.15, 0.2) is 5.78 Å². The fourth-order valence-electron chi connectivity index (χ4n) is 2.91. The van der Waals surface area contributed by atoms with Crippen molar-refractivity contribution in [3.05, 3.63) is 0 Å². The molecule has 0 N–H and O–H groups in total. The van der Waals surface area contributed by atoms with E-state index >= 15 is 0 Å². The summed E-state index contributed by atoms with van der Waals surface area (Å²) in [5.74, 6) is 1.34. The van der Waals surface area contributed by atoms with Crippen molar-refractivity contribution in [2.45, 2.75) is 38.7 Å². The van der Waals surface area contributed by atoms with E-state index in [1.807, 2.05) is 0 Å². The minimum atomic E-state index is -0.158. The van der Waals surface area contributed by atoms with Crippen LogP contribution in [-0.2, 0) is 9.53 Å². The van der Waals surface area contributed by atoms with E-state index < -0.39 is 0 Å². The van der Waals surface area contributed by atoms with Crippen LogP contribution in [0.1, 0.15) is 32.6 Å². The number of nitrogens with zero attached hydrogens (tertiary/aromatic N) is 1. The molecule has 1 aliphatic carbocycles. The van der Waals surface area contributed by atoms with Crippen molar-refractivity contribution in [2.75, 3.05) is 26.7 Å². The molecular formula is C13H23NO2. The van der Waals surface area contributed by atoms with Crippen LogP contribution in [0.5, 0.6) is 0 Å². The first kappa shape index (κ1) is 12.1. The molecule has 2 aliphatic rings. The molecule has 3 unspecified atom stereocenters. The minimum absolute atomic E-state index is 0.158. The Balaban J connectivity index is 1.90. The van der Waals surface area contributed by atoms with E-state index in [1.165, 1.54) is 12.8 Å². The molecule has 3 nitrogen and oxygen atoms in total. The van der Waals surface area contributed by atoms with Gasteiger partial charge in [-0.25, -0.2) is 0 Å². The van der Waals surface area contributed by atoms with Crippen LogP contribution in [0.2, 0.25) is 0 Å². The molecule has 0 spiro atoms. The van der Waals surface area contributed by atoms with Crippen LogP contribution in [0, 0.1) is 11.8 Å². The summed E-state index contributed by atoms with van der Waals surface area (Å²) < 4.78 is 5.61. The molecule has 0 radical (unpaired) electrons. The van der Waals surface area contributed by atoms with Crippen molar-refractivity contribution in [3.8, 4) is 0 Å². The number of hydrogen-bond donors (Lipinski definition) is 0. The molecule has 3 heteroatoms. The molecule has 0 amide bonds. The van der Waals surface area contributed by atoms with E-state index in [0.29, 0.717) is 18.3 Å². The zero-order valence-electron chi connectivity index (χ0n) is 10.4. The summed E-state index contributed by atoms with van der Waals surface area (Å²) in [6.45, 7) is 4.69. The highest BCUT2D eigenvalue weighted by Crippen LogP contribution is 2.30. The highest BCUT2D eigenvalue weighted by atomic mass is 16.5. The molecule has 92 valence electrons. The summed E-state index contributed by atoms with van der Waals surface area (Å²) >= 11 is 0. The van der Waals surface area contributed by atoms with Crippen molar-refractivity contribution in [2.24, 2.45) is 11.8 Å². The van der Waals surface area contributed by atoms with E-state index in [-0.39, 0.29) is 12.0 Å². The first-order chi connectivity index (χ1) is 7.66. The standard InChI is InChI=1S/C13H23NO2/c1-10-4-3-5-11(8-10)13(15)12-9-14(2)6-7-16-12/h10-12H,3-9H2,1-2H3. The summed E-state index contributed by atoms with van der Waals surface area (Å²) in [4.78, 5) is 14.5. The van der Waals surface area contributed by atoms with Gasteiger partial charge in [-0.3, -0.25) is 4.79 Å². The third-order valence-corrected chi connectivity index (χ3v) is 3.93. The molecule has 0 aromatic carbocycles. The van der Waals surface area contributed by atoms with Crippen LogP contribution in [0.3, 0.4) is 0 Å². The molecule has 1 saturated carbocycles. The number of hydrogen-bond acceptors (Lipinski definition) is 3. The Hall–Kier alpha value is -0.410. The predicted octanol–water partition coefficient (Wildman–Crippen LogP) is 1.71. The lowest BCUT2D eigenvalue weighted by Crippen LogP contribution is -2.46. The molecule has 16 heavy (non-hydrogen) atoms. The SMILES string of the molecule is CC1CCCC(C(=O)C2CN(C)CCO2)C1. The number of morpholine rings is 1. The number of likely N-dealkylation sites (N-methyl/N-ethyl adjacent to an activating group) is 1. The van der Waals surface area contributed by atoms with Crippen molar-refractivity contribution >= 4 is 5.78 Å². The van der Waals surface area contributed by atoms with Crippen molar-refractivity contribution < 1.29 is 9.53 Å². The summed E-state index contributed by atoms with van der Waals surface area (Å²) in [6.07, 6.45) is 4.49. The zero-order chi connectivity index (χ0) is 11.5. The van der Waals surface area contributed by atoms with Crippen LogP contribution in [0.4, 0.5) is 0 Å². The summed E-state index contributed by atoms with van der Waals surface area (Å²) in [5, 5.41) is 0. The highest BCUT2D eigenvalue weighted by molar-refractivity contribution is 5.85. The third kappa shape index (κ3) is 2.83. The van der Waals surface area contributed by atoms with Gasteiger partial charge in [0.1, 0.15) is 6.10 Å². The van der Waals surface area contributed by atoms with Crippen LogP contribution in [0.25, 0.3) is 0 Å². The second kappa shape index (κ2) is 5.28. The highest BCUT2D eigenvalue weighted by Gasteiger charge is 2.32. The number of rotatable bonds is 2. The monoisotopic (exact) mass is 225 g/mol. The molecular weight excluding hydrogens is 202 g/mol. The minimum Gasteiger partial charge on any atom is -0.368 e. The van der Waals surface area contributed by atoms with Gasteiger partial charge in [0, 0.05) is 19.0 Å². The largest absolute Gasteiger partial charge is 0.368 e. The Morgan fingerprint density at radius 2 is 2.19 bits per heavy atom. The van der Waals surface area contributed by atoms with Crippen LogP contribution < -0.4 is 0 Å². The zero-order valence-corrected chi connectivity index (χ0v) is 10.4. The first-order valence-electron chi connectivity index (χ1n) is 6.50. The fourth-order valence-corrected chi connectivity index (χ4v) is 2.91. The van der Waals surface area contributed by atoms with Crippen LogP contribution >= 0.6 is 0 Å². The van der Waals surface area contributed by atoms with Crippen molar-refractivity contribution in [1.29, 1.82) is 0 Å².